The molecule has 1 atom stereocenters. The Morgan fingerprint density at radius 1 is 1.12 bits per heavy atom. The lowest BCUT2D eigenvalue weighted by atomic mass is 9.94. The first-order chi connectivity index (χ1) is 16.3. The van der Waals surface area contributed by atoms with Gasteiger partial charge in [-0.2, -0.15) is 0 Å². The van der Waals surface area contributed by atoms with Crippen LogP contribution in [0.15, 0.2) is 66.1 Å². The fourth-order valence-corrected chi connectivity index (χ4v) is 5.44. The number of hydrogen-bond donors (Lipinski definition) is 3. The number of ketones is 1. The quantitative estimate of drug-likeness (QED) is 0.350. The number of aryl methyl sites for hydroxylation is 2. The fraction of sp³-hybridized carbons (Fsp3) is 0.192. The molecule has 0 aliphatic carbocycles. The number of thiazole rings is 1. The monoisotopic (exact) mass is 473 g/mol. The van der Waals surface area contributed by atoms with Gasteiger partial charge in [-0.05, 0) is 49.6 Å². The Morgan fingerprint density at radius 2 is 1.85 bits per heavy atom. The zero-order valence-corrected chi connectivity index (χ0v) is 19.5. The number of Topliss-reactive ketones (excluding diaryl/α,β-unsaturated/α-hetero) is 1. The summed E-state index contributed by atoms with van der Waals surface area (Å²) in [6.07, 6.45) is 2.46. The number of aliphatic hydroxyl groups is 1. The summed E-state index contributed by atoms with van der Waals surface area (Å²) in [5.41, 5.74) is 3.30. The second kappa shape index (κ2) is 8.46. The van der Waals surface area contributed by atoms with E-state index in [1.807, 2.05) is 37.4 Å². The first kappa shape index (κ1) is 21.9. The van der Waals surface area contributed by atoms with Crippen molar-refractivity contribution < 1.29 is 19.8 Å². The molecule has 1 aliphatic heterocycles. The van der Waals surface area contributed by atoms with Crippen LogP contribution < -0.4 is 0 Å². The molecule has 7 nitrogen and oxygen atoms in total. The number of rotatable bonds is 6. The normalized spacial score (nSPS) is 16.1. The summed E-state index contributed by atoms with van der Waals surface area (Å²) in [6.45, 7) is 3.86. The summed E-state index contributed by atoms with van der Waals surface area (Å²) in [7, 11) is 0. The number of amides is 1. The summed E-state index contributed by atoms with van der Waals surface area (Å²) < 4.78 is 0. The third kappa shape index (κ3) is 3.66. The zero-order valence-electron chi connectivity index (χ0n) is 18.7. The van der Waals surface area contributed by atoms with Crippen LogP contribution in [0, 0.1) is 13.8 Å². The van der Waals surface area contributed by atoms with Crippen molar-refractivity contribution in [3.63, 3.8) is 0 Å². The van der Waals surface area contributed by atoms with Crippen molar-refractivity contribution in [3.05, 3.63) is 92.8 Å². The van der Waals surface area contributed by atoms with Gasteiger partial charge in [0.25, 0.3) is 5.91 Å². The van der Waals surface area contributed by atoms with Crippen LogP contribution in [-0.2, 0) is 11.2 Å². The topological polar surface area (TPSA) is 107 Å². The van der Waals surface area contributed by atoms with E-state index in [2.05, 4.69) is 9.97 Å². The van der Waals surface area contributed by atoms with Crippen LogP contribution >= 0.6 is 11.3 Å². The molecule has 0 radical (unpaired) electrons. The minimum absolute atomic E-state index is 0.0429. The van der Waals surface area contributed by atoms with E-state index in [1.54, 1.807) is 19.1 Å². The molecule has 3 heterocycles. The lowest BCUT2D eigenvalue weighted by Crippen LogP contribution is -2.33. The van der Waals surface area contributed by atoms with Gasteiger partial charge in [-0.25, -0.2) is 4.98 Å². The average molecular weight is 474 g/mol. The van der Waals surface area contributed by atoms with Crippen LogP contribution in [0.1, 0.15) is 37.5 Å². The number of fused-ring (bicyclic) bond motifs is 1. The molecule has 2 aromatic carbocycles. The summed E-state index contributed by atoms with van der Waals surface area (Å²) in [5, 5.41) is 22.4. The van der Waals surface area contributed by atoms with Crippen LogP contribution in [0.3, 0.4) is 0 Å². The van der Waals surface area contributed by atoms with Crippen molar-refractivity contribution >= 4 is 33.9 Å². The third-order valence-electron chi connectivity index (χ3n) is 6.16. The summed E-state index contributed by atoms with van der Waals surface area (Å²) >= 11 is 1.25. The number of para-hydroxylation sites is 1. The molecule has 34 heavy (non-hydrogen) atoms. The standard InChI is InChI=1S/C26H23N3O4S/c1-14-25(34-15(2)28-14)23(31)21-22(16-7-9-18(30)10-8-16)29(26(33)24(21)32)12-11-17-13-27-20-6-4-3-5-19(17)20/h3-10,13,22,27,30,32H,11-12H2,1-2H3. The predicted molar refractivity (Wildman–Crippen MR) is 130 cm³/mol. The molecule has 0 fully saturated rings. The Kier molecular flexibility index (Phi) is 5.45. The van der Waals surface area contributed by atoms with Crippen LogP contribution in [0.4, 0.5) is 0 Å². The Balaban J connectivity index is 1.53. The molecule has 1 unspecified atom stereocenters. The molecule has 0 bridgehead atoms. The lowest BCUT2D eigenvalue weighted by Gasteiger charge is -2.27. The minimum atomic E-state index is -0.771. The summed E-state index contributed by atoms with van der Waals surface area (Å²) in [4.78, 5) is 36.3. The maximum atomic E-state index is 13.6. The average Bonchev–Trinajstić information content (AvgIpc) is 3.47. The smallest absolute Gasteiger partial charge is 0.290 e. The van der Waals surface area contributed by atoms with E-state index in [0.717, 1.165) is 21.5 Å². The van der Waals surface area contributed by atoms with Crippen LogP contribution in [0.5, 0.6) is 5.75 Å². The highest BCUT2D eigenvalue weighted by atomic mass is 32.1. The number of nitrogens with one attached hydrogen (secondary N) is 1. The Bertz CT molecular complexity index is 1450. The molecule has 172 valence electrons. The highest BCUT2D eigenvalue weighted by molar-refractivity contribution is 7.14. The SMILES string of the molecule is Cc1nc(C)c(C(=O)C2=C(O)C(=O)N(CCc3c[nH]c4ccccc34)C2c2ccc(O)cc2)s1. The van der Waals surface area contributed by atoms with Crippen molar-refractivity contribution in [2.75, 3.05) is 6.54 Å². The van der Waals surface area contributed by atoms with Crippen molar-refractivity contribution in [2.24, 2.45) is 0 Å². The second-order valence-electron chi connectivity index (χ2n) is 8.34. The number of aromatic hydroxyl groups is 1. The van der Waals surface area contributed by atoms with Gasteiger partial charge in [0.05, 0.1) is 27.2 Å². The largest absolute Gasteiger partial charge is 0.508 e. The number of nitrogens with zero attached hydrogens (tertiary/aromatic N) is 2. The van der Waals surface area contributed by atoms with Gasteiger partial charge in [0.2, 0.25) is 5.78 Å². The molecular weight excluding hydrogens is 450 g/mol. The number of phenols is 1. The van der Waals surface area contributed by atoms with E-state index in [9.17, 15) is 19.8 Å². The molecule has 3 N–H and O–H groups in total. The molecule has 2 aromatic heterocycles. The van der Waals surface area contributed by atoms with Gasteiger partial charge in [-0.3, -0.25) is 9.59 Å². The predicted octanol–water partition coefficient (Wildman–Crippen LogP) is 4.77. The minimum Gasteiger partial charge on any atom is -0.508 e. The molecule has 0 saturated carbocycles. The van der Waals surface area contributed by atoms with E-state index >= 15 is 0 Å². The van der Waals surface area contributed by atoms with E-state index in [4.69, 9.17) is 0 Å². The number of aliphatic hydroxyl groups excluding tert-OH is 1. The first-order valence-corrected chi connectivity index (χ1v) is 11.7. The number of hydrogen-bond acceptors (Lipinski definition) is 6. The fourth-order valence-electron chi connectivity index (χ4n) is 4.56. The maximum absolute atomic E-state index is 13.6. The van der Waals surface area contributed by atoms with Gasteiger partial charge in [0.15, 0.2) is 5.76 Å². The number of benzene rings is 2. The Hall–Kier alpha value is -3.91. The Labute approximate surface area is 200 Å². The van der Waals surface area contributed by atoms with Gasteiger partial charge < -0.3 is 20.1 Å². The highest BCUT2D eigenvalue weighted by Crippen LogP contribution is 2.40. The van der Waals surface area contributed by atoms with E-state index in [-0.39, 0.29) is 11.3 Å². The zero-order chi connectivity index (χ0) is 24.0. The van der Waals surface area contributed by atoms with Gasteiger partial charge in [0.1, 0.15) is 5.75 Å². The van der Waals surface area contributed by atoms with E-state index in [1.165, 1.54) is 28.4 Å². The van der Waals surface area contributed by atoms with Crippen LogP contribution in [0.2, 0.25) is 0 Å². The lowest BCUT2D eigenvalue weighted by molar-refractivity contribution is -0.129. The van der Waals surface area contributed by atoms with Gasteiger partial charge in [-0.15, -0.1) is 11.3 Å². The first-order valence-electron chi connectivity index (χ1n) is 10.9. The van der Waals surface area contributed by atoms with Crippen LogP contribution in [-0.4, -0.2) is 43.3 Å². The summed E-state index contributed by atoms with van der Waals surface area (Å²) in [5.74, 6) is -1.44. The van der Waals surface area contributed by atoms with Crippen molar-refractivity contribution in [3.8, 4) is 5.75 Å². The molecule has 4 aromatic rings. The van der Waals surface area contributed by atoms with Gasteiger partial charge >= 0.3 is 0 Å². The maximum Gasteiger partial charge on any atom is 0.290 e. The molecular formula is C26H23N3O4S. The molecule has 1 amide bonds. The Morgan fingerprint density at radius 3 is 2.56 bits per heavy atom. The summed E-state index contributed by atoms with van der Waals surface area (Å²) in [6, 6.07) is 13.5. The number of carbonyl (C=O) groups excluding carboxylic acids is 2. The molecule has 5 rings (SSSR count). The highest BCUT2D eigenvalue weighted by Gasteiger charge is 2.44. The molecule has 8 heteroatoms. The molecule has 0 saturated heterocycles. The van der Waals surface area contributed by atoms with Crippen molar-refractivity contribution in [1.29, 1.82) is 0 Å². The molecule has 0 spiro atoms. The number of aromatic amines is 1. The van der Waals surface area contributed by atoms with E-state index < -0.39 is 23.5 Å². The number of phenolic OH excluding ortho intramolecular Hbond substituents is 1. The van der Waals surface area contributed by atoms with Crippen molar-refractivity contribution in [2.45, 2.75) is 26.3 Å². The van der Waals surface area contributed by atoms with Crippen molar-refractivity contribution in [1.82, 2.24) is 14.9 Å². The third-order valence-corrected chi connectivity index (χ3v) is 7.24. The number of aromatic nitrogens is 2. The van der Waals surface area contributed by atoms with Gasteiger partial charge in [0, 0.05) is 23.6 Å². The second-order valence-corrected chi connectivity index (χ2v) is 9.54. The van der Waals surface area contributed by atoms with Gasteiger partial charge in [-0.1, -0.05) is 30.3 Å². The molecule has 1 aliphatic rings. The van der Waals surface area contributed by atoms with Crippen LogP contribution in [0.25, 0.3) is 10.9 Å². The number of carbonyl (C=O) groups is 2. The van der Waals surface area contributed by atoms with E-state index in [0.29, 0.717) is 29.1 Å². The number of H-pyrrole nitrogens is 1.